The summed E-state index contributed by atoms with van der Waals surface area (Å²) in [6, 6.07) is 13.0. The van der Waals surface area contributed by atoms with Crippen LogP contribution in [0.4, 0.5) is 4.79 Å². The minimum absolute atomic E-state index is 0.186. The molecule has 33 heavy (non-hydrogen) atoms. The standard InChI is InChI=1S/C25H35N3O4S/c1-19-9-10-23(15-20(19)2)33(30,31)28-13-11-27(12-14-28)24(29)26-17-21-7-6-8-22(16-21)18-32-25(3,4)5/h6-10,15-16H,11-14,17-18H2,1-5H3,(H,26,29). The zero-order chi connectivity index (χ0) is 24.2. The van der Waals surface area contributed by atoms with Gasteiger partial charge >= 0.3 is 6.03 Å². The number of hydrogen-bond donors (Lipinski definition) is 1. The maximum absolute atomic E-state index is 13.0. The SMILES string of the molecule is Cc1ccc(S(=O)(=O)N2CCN(C(=O)NCc3cccc(COC(C)(C)C)c3)CC2)cc1C. The van der Waals surface area contributed by atoms with Crippen molar-refractivity contribution in [2.75, 3.05) is 26.2 Å². The summed E-state index contributed by atoms with van der Waals surface area (Å²) in [5.74, 6) is 0. The molecule has 1 aliphatic heterocycles. The van der Waals surface area contributed by atoms with Crippen molar-refractivity contribution in [2.24, 2.45) is 0 Å². The number of carbonyl (C=O) groups excluding carboxylic acids is 1. The topological polar surface area (TPSA) is 79.0 Å². The van der Waals surface area contributed by atoms with Gasteiger partial charge in [0, 0.05) is 32.7 Å². The molecule has 0 aromatic heterocycles. The molecule has 180 valence electrons. The molecule has 0 bridgehead atoms. The predicted octanol–water partition coefficient (Wildman–Crippen LogP) is 3.83. The molecule has 0 saturated carbocycles. The molecular formula is C25H35N3O4S. The summed E-state index contributed by atoms with van der Waals surface area (Å²) in [5, 5.41) is 2.95. The second kappa shape index (κ2) is 10.2. The lowest BCUT2D eigenvalue weighted by molar-refractivity contribution is -0.0149. The molecule has 1 N–H and O–H groups in total. The number of amides is 2. The van der Waals surface area contributed by atoms with Gasteiger partial charge in [-0.05, 0) is 69.0 Å². The van der Waals surface area contributed by atoms with Crippen LogP contribution < -0.4 is 5.32 Å². The van der Waals surface area contributed by atoms with E-state index in [0.717, 1.165) is 22.3 Å². The Balaban J connectivity index is 1.52. The van der Waals surface area contributed by atoms with Crippen molar-refractivity contribution in [1.29, 1.82) is 0 Å². The largest absolute Gasteiger partial charge is 0.371 e. The first-order valence-corrected chi connectivity index (χ1v) is 12.7. The minimum Gasteiger partial charge on any atom is -0.371 e. The van der Waals surface area contributed by atoms with Gasteiger partial charge in [0.15, 0.2) is 0 Å². The number of ether oxygens (including phenoxy) is 1. The van der Waals surface area contributed by atoms with E-state index in [-0.39, 0.29) is 24.7 Å². The van der Waals surface area contributed by atoms with Gasteiger partial charge in [0.1, 0.15) is 0 Å². The molecule has 2 aromatic rings. The lowest BCUT2D eigenvalue weighted by Gasteiger charge is -2.34. The maximum Gasteiger partial charge on any atom is 0.317 e. The van der Waals surface area contributed by atoms with Gasteiger partial charge in [-0.2, -0.15) is 4.31 Å². The average molecular weight is 474 g/mol. The minimum atomic E-state index is -3.56. The van der Waals surface area contributed by atoms with Gasteiger partial charge in [-0.1, -0.05) is 30.3 Å². The zero-order valence-electron chi connectivity index (χ0n) is 20.2. The van der Waals surface area contributed by atoms with Crippen molar-refractivity contribution >= 4 is 16.1 Å². The van der Waals surface area contributed by atoms with Gasteiger partial charge in [-0.3, -0.25) is 0 Å². The normalized spacial score (nSPS) is 15.5. The lowest BCUT2D eigenvalue weighted by Crippen LogP contribution is -2.52. The van der Waals surface area contributed by atoms with E-state index in [1.807, 2.05) is 65.0 Å². The number of piperazine rings is 1. The third kappa shape index (κ3) is 6.79. The van der Waals surface area contributed by atoms with Crippen LogP contribution in [0.1, 0.15) is 43.0 Å². The van der Waals surface area contributed by atoms with Gasteiger partial charge in [0.25, 0.3) is 0 Å². The van der Waals surface area contributed by atoms with Crippen molar-refractivity contribution in [2.45, 2.75) is 58.3 Å². The van der Waals surface area contributed by atoms with Crippen LogP contribution in [0.3, 0.4) is 0 Å². The van der Waals surface area contributed by atoms with Crippen molar-refractivity contribution in [3.63, 3.8) is 0 Å². The van der Waals surface area contributed by atoms with E-state index in [0.29, 0.717) is 31.1 Å². The van der Waals surface area contributed by atoms with Gasteiger partial charge in [-0.25, -0.2) is 13.2 Å². The first kappa shape index (κ1) is 25.2. The molecular weight excluding hydrogens is 438 g/mol. The Hall–Kier alpha value is -2.42. The average Bonchev–Trinajstić information content (AvgIpc) is 2.77. The molecule has 1 heterocycles. The third-order valence-electron chi connectivity index (χ3n) is 5.75. The van der Waals surface area contributed by atoms with Crippen LogP contribution in [0.15, 0.2) is 47.4 Å². The van der Waals surface area contributed by atoms with E-state index in [2.05, 4.69) is 5.32 Å². The Morgan fingerprint density at radius 1 is 0.970 bits per heavy atom. The Morgan fingerprint density at radius 2 is 1.64 bits per heavy atom. The zero-order valence-corrected chi connectivity index (χ0v) is 21.0. The number of carbonyl (C=O) groups is 1. The molecule has 0 radical (unpaired) electrons. The van der Waals surface area contributed by atoms with Crippen LogP contribution in [0, 0.1) is 13.8 Å². The molecule has 2 amide bonds. The first-order chi connectivity index (χ1) is 15.5. The van der Waals surface area contributed by atoms with Crippen LogP contribution >= 0.6 is 0 Å². The van der Waals surface area contributed by atoms with E-state index in [4.69, 9.17) is 4.74 Å². The van der Waals surface area contributed by atoms with Crippen LogP contribution in [0.2, 0.25) is 0 Å². The highest BCUT2D eigenvalue weighted by Crippen LogP contribution is 2.20. The molecule has 0 spiro atoms. The highest BCUT2D eigenvalue weighted by molar-refractivity contribution is 7.89. The molecule has 3 rings (SSSR count). The van der Waals surface area contributed by atoms with Crippen molar-refractivity contribution in [3.8, 4) is 0 Å². The fraction of sp³-hybridized carbons (Fsp3) is 0.480. The number of nitrogens with zero attached hydrogens (tertiary/aromatic N) is 2. The van der Waals surface area contributed by atoms with Gasteiger partial charge < -0.3 is 15.0 Å². The van der Waals surface area contributed by atoms with E-state index in [9.17, 15) is 13.2 Å². The fourth-order valence-corrected chi connectivity index (χ4v) is 5.08. The van der Waals surface area contributed by atoms with Crippen LogP contribution in [-0.2, 0) is 27.9 Å². The number of sulfonamides is 1. The summed E-state index contributed by atoms with van der Waals surface area (Å²) in [7, 11) is -3.56. The molecule has 0 atom stereocenters. The summed E-state index contributed by atoms with van der Waals surface area (Å²) >= 11 is 0. The molecule has 1 saturated heterocycles. The molecule has 0 unspecified atom stereocenters. The summed E-state index contributed by atoms with van der Waals surface area (Å²) in [5.41, 5.74) is 3.85. The Kier molecular flexibility index (Phi) is 7.82. The highest BCUT2D eigenvalue weighted by Gasteiger charge is 2.30. The highest BCUT2D eigenvalue weighted by atomic mass is 32.2. The molecule has 2 aromatic carbocycles. The Bertz CT molecular complexity index is 1090. The van der Waals surface area contributed by atoms with Gasteiger partial charge in [0.05, 0.1) is 17.1 Å². The van der Waals surface area contributed by atoms with Gasteiger partial charge in [0.2, 0.25) is 10.0 Å². The summed E-state index contributed by atoms with van der Waals surface area (Å²) in [6.07, 6.45) is 0. The van der Waals surface area contributed by atoms with Crippen molar-refractivity contribution in [3.05, 3.63) is 64.7 Å². The first-order valence-electron chi connectivity index (χ1n) is 11.3. The molecule has 7 nitrogen and oxygen atoms in total. The Morgan fingerprint density at radius 3 is 2.27 bits per heavy atom. The van der Waals surface area contributed by atoms with E-state index >= 15 is 0 Å². The van der Waals surface area contributed by atoms with E-state index in [1.165, 1.54) is 4.31 Å². The smallest absolute Gasteiger partial charge is 0.317 e. The quantitative estimate of drug-likeness (QED) is 0.692. The predicted molar refractivity (Wildman–Crippen MR) is 129 cm³/mol. The van der Waals surface area contributed by atoms with Crippen LogP contribution in [-0.4, -0.2) is 55.4 Å². The molecule has 1 aliphatic rings. The summed E-state index contributed by atoms with van der Waals surface area (Å²) < 4.78 is 33.2. The summed E-state index contributed by atoms with van der Waals surface area (Å²) in [6.45, 7) is 12.1. The van der Waals surface area contributed by atoms with Crippen molar-refractivity contribution in [1.82, 2.24) is 14.5 Å². The molecule has 8 heteroatoms. The number of urea groups is 1. The second-order valence-electron chi connectivity index (χ2n) is 9.52. The number of hydrogen-bond acceptors (Lipinski definition) is 4. The number of aryl methyl sites for hydroxylation is 2. The molecule has 0 aliphatic carbocycles. The number of benzene rings is 2. The Labute approximate surface area is 197 Å². The van der Waals surface area contributed by atoms with E-state index < -0.39 is 10.0 Å². The van der Waals surface area contributed by atoms with E-state index in [1.54, 1.807) is 17.0 Å². The number of nitrogens with one attached hydrogen (secondary N) is 1. The maximum atomic E-state index is 13.0. The number of rotatable bonds is 6. The van der Waals surface area contributed by atoms with Crippen LogP contribution in [0.25, 0.3) is 0 Å². The second-order valence-corrected chi connectivity index (χ2v) is 11.5. The van der Waals surface area contributed by atoms with Crippen molar-refractivity contribution < 1.29 is 17.9 Å². The fourth-order valence-electron chi connectivity index (χ4n) is 3.57. The van der Waals surface area contributed by atoms with Gasteiger partial charge in [-0.15, -0.1) is 0 Å². The third-order valence-corrected chi connectivity index (χ3v) is 7.64. The molecule has 1 fully saturated rings. The lowest BCUT2D eigenvalue weighted by atomic mass is 10.1. The monoisotopic (exact) mass is 473 g/mol. The van der Waals surface area contributed by atoms with Crippen LogP contribution in [0.5, 0.6) is 0 Å². The summed E-state index contributed by atoms with van der Waals surface area (Å²) in [4.78, 5) is 14.6.